The lowest BCUT2D eigenvalue weighted by molar-refractivity contribution is 0.672. The molecule has 4 nitrogen and oxygen atoms in total. The molecule has 0 saturated heterocycles. The zero-order valence-electron chi connectivity index (χ0n) is 9.33. The molecule has 0 atom stereocenters. The number of nitrogens with zero attached hydrogens (tertiary/aromatic N) is 3. The van der Waals surface area contributed by atoms with Crippen LogP contribution in [-0.2, 0) is 13.6 Å². The first-order valence-electron chi connectivity index (χ1n) is 4.80. The Balaban J connectivity index is 2.39. The summed E-state index contributed by atoms with van der Waals surface area (Å²) in [5.74, 6) is 1.92. The van der Waals surface area contributed by atoms with Gasteiger partial charge in [0, 0.05) is 13.6 Å². The van der Waals surface area contributed by atoms with Gasteiger partial charge in [-0.3, -0.25) is 0 Å². The summed E-state index contributed by atoms with van der Waals surface area (Å²) in [7, 11) is 1.98. The van der Waals surface area contributed by atoms with E-state index in [4.69, 9.17) is 0 Å². The van der Waals surface area contributed by atoms with Gasteiger partial charge in [0.1, 0.15) is 11.6 Å². The molecule has 1 aromatic rings. The molecule has 0 saturated carbocycles. The van der Waals surface area contributed by atoms with Crippen molar-refractivity contribution >= 4 is 0 Å². The Bertz CT molecular complexity index is 321. The zero-order chi connectivity index (χ0) is 10.6. The van der Waals surface area contributed by atoms with Gasteiger partial charge in [-0.2, -0.15) is 0 Å². The Morgan fingerprint density at radius 2 is 2.14 bits per heavy atom. The molecule has 4 heteroatoms. The number of aromatic nitrogens is 3. The summed E-state index contributed by atoms with van der Waals surface area (Å²) in [5, 5.41) is 11.3. The van der Waals surface area contributed by atoms with Crippen molar-refractivity contribution in [2.75, 3.05) is 6.54 Å². The monoisotopic (exact) mass is 194 g/mol. The predicted molar refractivity (Wildman–Crippen MR) is 56.9 cm³/mol. The molecule has 14 heavy (non-hydrogen) atoms. The van der Waals surface area contributed by atoms with Crippen LogP contribution in [0.4, 0.5) is 0 Å². The minimum Gasteiger partial charge on any atom is -0.317 e. The first-order chi connectivity index (χ1) is 6.61. The molecule has 0 spiro atoms. The molecule has 0 aliphatic heterocycles. The van der Waals surface area contributed by atoms with E-state index in [0.29, 0.717) is 0 Å². The number of allylic oxidation sites excluding steroid dienone is 1. The molecule has 1 rings (SSSR count). The quantitative estimate of drug-likeness (QED) is 0.578. The summed E-state index contributed by atoms with van der Waals surface area (Å²) in [6.45, 7) is 7.78. The number of aryl methyl sites for hydroxylation is 1. The normalized spacial score (nSPS) is 10.3. The SMILES string of the molecule is CC(C)=CCNCc1nnc(C)n1C. The van der Waals surface area contributed by atoms with Crippen LogP contribution >= 0.6 is 0 Å². The largest absolute Gasteiger partial charge is 0.317 e. The molecular weight excluding hydrogens is 176 g/mol. The summed E-state index contributed by atoms with van der Waals surface area (Å²) in [6.07, 6.45) is 2.16. The van der Waals surface area contributed by atoms with E-state index >= 15 is 0 Å². The van der Waals surface area contributed by atoms with Crippen molar-refractivity contribution < 1.29 is 0 Å². The van der Waals surface area contributed by atoms with Crippen LogP contribution in [0.3, 0.4) is 0 Å². The molecule has 0 bridgehead atoms. The lowest BCUT2D eigenvalue weighted by Gasteiger charge is -2.02. The molecule has 78 valence electrons. The Kier molecular flexibility index (Phi) is 3.83. The standard InChI is InChI=1S/C10H18N4/c1-8(2)5-6-11-7-10-13-12-9(3)14(10)4/h5,11H,6-7H2,1-4H3. The second-order valence-corrected chi connectivity index (χ2v) is 3.63. The molecule has 0 fully saturated rings. The highest BCUT2D eigenvalue weighted by molar-refractivity contribution is 4.96. The fourth-order valence-corrected chi connectivity index (χ4v) is 1.07. The van der Waals surface area contributed by atoms with E-state index in [1.807, 2.05) is 18.5 Å². The van der Waals surface area contributed by atoms with Crippen LogP contribution in [0.1, 0.15) is 25.5 Å². The second-order valence-electron chi connectivity index (χ2n) is 3.63. The van der Waals surface area contributed by atoms with Gasteiger partial charge in [-0.1, -0.05) is 11.6 Å². The summed E-state index contributed by atoms with van der Waals surface area (Å²) in [5.41, 5.74) is 1.33. The predicted octanol–water partition coefficient (Wildman–Crippen LogP) is 1.18. The number of nitrogens with one attached hydrogen (secondary N) is 1. The molecule has 0 aliphatic carbocycles. The Labute approximate surface area is 85.0 Å². The van der Waals surface area contributed by atoms with Crippen molar-refractivity contribution in [3.05, 3.63) is 23.3 Å². The minimum absolute atomic E-state index is 0.765. The van der Waals surface area contributed by atoms with Gasteiger partial charge in [-0.15, -0.1) is 10.2 Å². The van der Waals surface area contributed by atoms with Crippen molar-refractivity contribution in [1.82, 2.24) is 20.1 Å². The van der Waals surface area contributed by atoms with Crippen LogP contribution in [0.15, 0.2) is 11.6 Å². The van der Waals surface area contributed by atoms with Crippen LogP contribution in [-0.4, -0.2) is 21.3 Å². The van der Waals surface area contributed by atoms with Gasteiger partial charge in [0.25, 0.3) is 0 Å². The Morgan fingerprint density at radius 3 is 2.64 bits per heavy atom. The minimum atomic E-state index is 0.765. The highest BCUT2D eigenvalue weighted by Gasteiger charge is 2.02. The average molecular weight is 194 g/mol. The smallest absolute Gasteiger partial charge is 0.146 e. The Hall–Kier alpha value is -1.16. The van der Waals surface area contributed by atoms with Crippen LogP contribution in [0.25, 0.3) is 0 Å². The van der Waals surface area contributed by atoms with Crippen molar-refractivity contribution in [3.8, 4) is 0 Å². The summed E-state index contributed by atoms with van der Waals surface area (Å²) < 4.78 is 2.00. The highest BCUT2D eigenvalue weighted by atomic mass is 15.3. The second kappa shape index (κ2) is 4.91. The molecule has 0 unspecified atom stereocenters. The van der Waals surface area contributed by atoms with Crippen LogP contribution in [0.2, 0.25) is 0 Å². The molecule has 1 aromatic heterocycles. The third-order valence-corrected chi connectivity index (χ3v) is 2.12. The van der Waals surface area contributed by atoms with Crippen LogP contribution < -0.4 is 5.32 Å². The fraction of sp³-hybridized carbons (Fsp3) is 0.600. The van der Waals surface area contributed by atoms with E-state index in [1.54, 1.807) is 0 Å². The van der Waals surface area contributed by atoms with Crippen molar-refractivity contribution in [1.29, 1.82) is 0 Å². The maximum atomic E-state index is 4.06. The molecule has 0 aromatic carbocycles. The molecule has 0 radical (unpaired) electrons. The van der Waals surface area contributed by atoms with E-state index in [1.165, 1.54) is 5.57 Å². The average Bonchev–Trinajstić information content (AvgIpc) is 2.43. The van der Waals surface area contributed by atoms with Crippen molar-refractivity contribution in [2.45, 2.75) is 27.3 Å². The third-order valence-electron chi connectivity index (χ3n) is 2.12. The lowest BCUT2D eigenvalue weighted by Crippen LogP contribution is -2.16. The number of rotatable bonds is 4. The molecule has 0 aliphatic rings. The molecule has 1 heterocycles. The molecule has 0 amide bonds. The first kappa shape index (κ1) is 10.9. The fourth-order valence-electron chi connectivity index (χ4n) is 1.07. The van der Waals surface area contributed by atoms with E-state index < -0.39 is 0 Å². The van der Waals surface area contributed by atoms with Gasteiger partial charge in [0.2, 0.25) is 0 Å². The van der Waals surface area contributed by atoms with Gasteiger partial charge >= 0.3 is 0 Å². The zero-order valence-corrected chi connectivity index (χ0v) is 9.33. The summed E-state index contributed by atoms with van der Waals surface area (Å²) in [6, 6.07) is 0. The summed E-state index contributed by atoms with van der Waals surface area (Å²) >= 11 is 0. The highest BCUT2D eigenvalue weighted by Crippen LogP contribution is 1.96. The van der Waals surface area contributed by atoms with Gasteiger partial charge in [0.15, 0.2) is 0 Å². The lowest BCUT2D eigenvalue weighted by atomic mass is 10.3. The van der Waals surface area contributed by atoms with E-state index in [2.05, 4.69) is 35.4 Å². The van der Waals surface area contributed by atoms with Gasteiger partial charge in [0.05, 0.1) is 6.54 Å². The van der Waals surface area contributed by atoms with Gasteiger partial charge in [-0.25, -0.2) is 0 Å². The first-order valence-corrected chi connectivity index (χ1v) is 4.80. The summed E-state index contributed by atoms with van der Waals surface area (Å²) in [4.78, 5) is 0. The van der Waals surface area contributed by atoms with Crippen molar-refractivity contribution in [3.63, 3.8) is 0 Å². The Morgan fingerprint density at radius 1 is 1.43 bits per heavy atom. The van der Waals surface area contributed by atoms with E-state index in [9.17, 15) is 0 Å². The number of hydrogen-bond acceptors (Lipinski definition) is 3. The maximum absolute atomic E-state index is 4.06. The maximum Gasteiger partial charge on any atom is 0.146 e. The van der Waals surface area contributed by atoms with E-state index in [-0.39, 0.29) is 0 Å². The van der Waals surface area contributed by atoms with Crippen LogP contribution in [0, 0.1) is 6.92 Å². The topological polar surface area (TPSA) is 42.7 Å². The van der Waals surface area contributed by atoms with Crippen molar-refractivity contribution in [2.24, 2.45) is 7.05 Å². The third kappa shape index (κ3) is 2.96. The number of hydrogen-bond donors (Lipinski definition) is 1. The van der Waals surface area contributed by atoms with Gasteiger partial charge < -0.3 is 9.88 Å². The molecule has 1 N–H and O–H groups in total. The van der Waals surface area contributed by atoms with Crippen LogP contribution in [0.5, 0.6) is 0 Å². The molecular formula is C10H18N4. The van der Waals surface area contributed by atoms with Gasteiger partial charge in [-0.05, 0) is 20.8 Å². The van der Waals surface area contributed by atoms with E-state index in [0.717, 1.165) is 24.7 Å².